The predicted octanol–water partition coefficient (Wildman–Crippen LogP) is 15.6. The molecule has 0 unspecified atom stereocenters. The molecule has 0 fully saturated rings. The third kappa shape index (κ3) is 23.2. The van der Waals surface area contributed by atoms with E-state index in [1.807, 2.05) is 0 Å². The zero-order valence-corrected chi connectivity index (χ0v) is 33.4. The molecular formula is C46H74N2Ni. The Labute approximate surface area is 314 Å². The van der Waals surface area contributed by atoms with Crippen molar-refractivity contribution in [2.24, 2.45) is 9.98 Å². The van der Waals surface area contributed by atoms with E-state index in [9.17, 15) is 0 Å². The number of hydrogen-bond donors (Lipinski definition) is 0. The number of nitrogens with zero attached hydrogens (tertiary/aromatic N) is 2. The number of para-hydroxylation sites is 1. The molecule has 278 valence electrons. The van der Waals surface area contributed by atoms with Crippen LogP contribution in [0.4, 0.5) is 11.4 Å². The Morgan fingerprint density at radius 1 is 0.490 bits per heavy atom. The molecule has 0 bridgehead atoms. The van der Waals surface area contributed by atoms with Gasteiger partial charge in [-0.1, -0.05) is 186 Å². The summed E-state index contributed by atoms with van der Waals surface area (Å²) >= 11 is 0. The van der Waals surface area contributed by atoms with Crippen molar-refractivity contribution in [2.45, 2.75) is 195 Å². The van der Waals surface area contributed by atoms with Crippen molar-refractivity contribution in [3.05, 3.63) is 71.8 Å². The minimum atomic E-state index is 0. The Morgan fingerprint density at radius 2 is 0.959 bits per heavy atom. The van der Waals surface area contributed by atoms with Gasteiger partial charge in [0, 0.05) is 16.5 Å². The van der Waals surface area contributed by atoms with Crippen LogP contribution < -0.4 is 0 Å². The molecule has 2 nitrogen and oxygen atoms in total. The molecule has 0 atom stereocenters. The molecule has 2 rings (SSSR count). The fraction of sp³-hybridized carbons (Fsp3) is 0.652. The van der Waals surface area contributed by atoms with Crippen LogP contribution in [0.2, 0.25) is 0 Å². The van der Waals surface area contributed by atoms with Crippen LogP contribution in [0, 0.1) is 0 Å². The van der Waals surface area contributed by atoms with Gasteiger partial charge in [0.1, 0.15) is 0 Å². The molecule has 2 aromatic carbocycles. The van der Waals surface area contributed by atoms with Gasteiger partial charge in [-0.15, -0.1) is 0 Å². The van der Waals surface area contributed by atoms with Gasteiger partial charge in [-0.3, -0.25) is 4.99 Å². The van der Waals surface area contributed by atoms with Gasteiger partial charge < -0.3 is 0 Å². The van der Waals surface area contributed by atoms with Crippen LogP contribution in [0.1, 0.15) is 193 Å². The number of benzene rings is 2. The van der Waals surface area contributed by atoms with Crippen molar-refractivity contribution in [1.29, 1.82) is 0 Å². The van der Waals surface area contributed by atoms with Gasteiger partial charge in [-0.25, -0.2) is 4.99 Å². The van der Waals surface area contributed by atoms with Gasteiger partial charge in [0.05, 0.1) is 22.8 Å². The molecule has 0 aliphatic carbocycles. The molecule has 0 heterocycles. The van der Waals surface area contributed by atoms with Crippen LogP contribution in [0.3, 0.4) is 0 Å². The van der Waals surface area contributed by atoms with E-state index in [-0.39, 0.29) is 16.5 Å². The number of aryl methyl sites for hydroxylation is 2. The topological polar surface area (TPSA) is 24.7 Å². The Hall–Kier alpha value is -1.99. The molecule has 0 aliphatic heterocycles. The van der Waals surface area contributed by atoms with Crippen LogP contribution in [0.5, 0.6) is 0 Å². The van der Waals surface area contributed by atoms with Gasteiger partial charge in [0.25, 0.3) is 0 Å². The molecule has 0 amide bonds. The molecule has 0 aliphatic rings. The van der Waals surface area contributed by atoms with Gasteiger partial charge >= 0.3 is 0 Å². The molecule has 2 aromatic rings. The van der Waals surface area contributed by atoms with Gasteiger partial charge in [0.15, 0.2) is 0 Å². The van der Waals surface area contributed by atoms with E-state index in [0.29, 0.717) is 0 Å². The van der Waals surface area contributed by atoms with Crippen LogP contribution in [0.25, 0.3) is 0 Å². The second-order valence-corrected chi connectivity index (χ2v) is 14.2. The predicted molar refractivity (Wildman–Crippen MR) is 217 cm³/mol. The first kappa shape index (κ1) is 45.0. The molecular weight excluding hydrogens is 639 g/mol. The minimum Gasteiger partial charge on any atom is -0.251 e. The summed E-state index contributed by atoms with van der Waals surface area (Å²) < 4.78 is 0. The van der Waals surface area contributed by atoms with Gasteiger partial charge in [-0.2, -0.15) is 0 Å². The van der Waals surface area contributed by atoms with E-state index in [2.05, 4.69) is 88.4 Å². The monoisotopic (exact) mass is 713 g/mol. The van der Waals surface area contributed by atoms with Gasteiger partial charge in [-0.05, 0) is 80.0 Å². The molecule has 49 heavy (non-hydrogen) atoms. The van der Waals surface area contributed by atoms with E-state index in [4.69, 9.17) is 9.98 Å². The maximum Gasteiger partial charge on any atom is 0.0848 e. The Kier molecular flexibility index (Phi) is 29.4. The number of rotatable bonds is 30. The second kappa shape index (κ2) is 32.0. The summed E-state index contributed by atoms with van der Waals surface area (Å²) in [5, 5.41) is 0. The first-order chi connectivity index (χ1) is 23.7. The molecule has 0 spiro atoms. The molecule has 0 aromatic heterocycles. The fourth-order valence-corrected chi connectivity index (χ4v) is 6.61. The summed E-state index contributed by atoms with van der Waals surface area (Å²) in [6, 6.07) is 17.4. The summed E-state index contributed by atoms with van der Waals surface area (Å²) in [5.41, 5.74) is 7.04. The molecule has 0 radical (unpaired) electrons. The zero-order chi connectivity index (χ0) is 34.3. The molecule has 0 N–H and O–H groups in total. The number of aliphatic imine (C=N–C) groups is 2. The molecule has 3 heteroatoms. The first-order valence-electron chi connectivity index (χ1n) is 20.7. The van der Waals surface area contributed by atoms with Crippen molar-refractivity contribution >= 4 is 22.8 Å². The van der Waals surface area contributed by atoms with Crippen LogP contribution in [-0.2, 0) is 29.3 Å². The Balaban J connectivity index is 0.0000120. The van der Waals surface area contributed by atoms with E-state index in [1.54, 1.807) is 0 Å². The minimum absolute atomic E-state index is 0. The Bertz CT molecular complexity index is 1110. The third-order valence-corrected chi connectivity index (χ3v) is 9.45. The molecule has 0 saturated heterocycles. The summed E-state index contributed by atoms with van der Waals surface area (Å²) in [5.74, 6) is 0. The first-order valence-corrected chi connectivity index (χ1v) is 20.7. The average Bonchev–Trinajstić information content (AvgIpc) is 3.09. The van der Waals surface area contributed by atoms with Gasteiger partial charge in [0.2, 0.25) is 0 Å². The SMILES string of the molecule is CCCCCCCCCCCCCCCCCCCCC=CC(=Nc1cc(CCC)cc(CCC)c1)C(CCCC)=Nc1ccccc1.[Ni]. The standard InChI is InChI=1S/C46H74N2.Ni/c1-5-9-11-12-13-14-15-16-17-18-19-20-21-22-23-24-25-26-27-31-37-46(45(36-10-6-2)47-43-34-29-28-30-35-43)48-44-39-41(32-7-3)38-42(40-44)33-8-4;/h28-31,34-35,37-40H,5-27,32-33,36H2,1-4H3;. The molecule has 0 saturated carbocycles. The quantitative estimate of drug-likeness (QED) is 0.0437. The smallest absolute Gasteiger partial charge is 0.0848 e. The van der Waals surface area contributed by atoms with Crippen LogP contribution in [-0.4, -0.2) is 11.4 Å². The van der Waals surface area contributed by atoms with Crippen molar-refractivity contribution in [2.75, 3.05) is 0 Å². The van der Waals surface area contributed by atoms with E-state index in [0.717, 1.165) is 74.2 Å². The number of hydrogen-bond acceptors (Lipinski definition) is 2. The summed E-state index contributed by atoms with van der Waals surface area (Å²) in [6.07, 6.45) is 39.0. The largest absolute Gasteiger partial charge is 0.251 e. The summed E-state index contributed by atoms with van der Waals surface area (Å²) in [4.78, 5) is 10.5. The Morgan fingerprint density at radius 3 is 1.43 bits per heavy atom. The third-order valence-electron chi connectivity index (χ3n) is 9.45. The summed E-state index contributed by atoms with van der Waals surface area (Å²) in [7, 11) is 0. The van der Waals surface area contributed by atoms with Crippen molar-refractivity contribution in [3.63, 3.8) is 0 Å². The van der Waals surface area contributed by atoms with Crippen molar-refractivity contribution < 1.29 is 16.5 Å². The van der Waals surface area contributed by atoms with E-state index >= 15 is 0 Å². The second-order valence-electron chi connectivity index (χ2n) is 14.2. The van der Waals surface area contributed by atoms with Crippen molar-refractivity contribution in [3.8, 4) is 0 Å². The van der Waals surface area contributed by atoms with E-state index in [1.165, 1.54) is 127 Å². The van der Waals surface area contributed by atoms with Crippen LogP contribution in [0.15, 0.2) is 70.7 Å². The van der Waals surface area contributed by atoms with Crippen LogP contribution >= 0.6 is 0 Å². The summed E-state index contributed by atoms with van der Waals surface area (Å²) in [6.45, 7) is 9.09. The maximum absolute atomic E-state index is 5.31. The number of unbranched alkanes of at least 4 members (excludes halogenated alkanes) is 19. The fourth-order valence-electron chi connectivity index (χ4n) is 6.61. The number of allylic oxidation sites excluding steroid dienone is 2. The maximum atomic E-state index is 5.31. The average molecular weight is 714 g/mol. The van der Waals surface area contributed by atoms with E-state index < -0.39 is 0 Å². The normalized spacial score (nSPS) is 12.2. The van der Waals surface area contributed by atoms with Crippen molar-refractivity contribution in [1.82, 2.24) is 0 Å². The zero-order valence-electron chi connectivity index (χ0n) is 32.4.